The molecule has 1 aliphatic carbocycles. The number of carbonyl (C=O) groups is 1. The van der Waals surface area contributed by atoms with Crippen molar-refractivity contribution in [2.75, 3.05) is 6.54 Å². The Bertz CT molecular complexity index is 491. The SMILES string of the molecule is CC(N)CCNC(=O)C1(c2ccc(C(C)C)cc2)CCCC1.Cl. The highest BCUT2D eigenvalue weighted by molar-refractivity contribution is 5.88. The summed E-state index contributed by atoms with van der Waals surface area (Å²) in [4.78, 5) is 12.8. The molecular formula is C19H31ClN2O. The van der Waals surface area contributed by atoms with Gasteiger partial charge in [-0.2, -0.15) is 0 Å². The van der Waals surface area contributed by atoms with Crippen molar-refractivity contribution >= 4 is 18.3 Å². The maximum atomic E-state index is 12.8. The molecule has 1 aromatic rings. The largest absolute Gasteiger partial charge is 0.355 e. The van der Waals surface area contributed by atoms with Crippen LogP contribution in [0.2, 0.25) is 0 Å². The minimum atomic E-state index is -0.326. The van der Waals surface area contributed by atoms with Crippen molar-refractivity contribution in [3.8, 4) is 0 Å². The number of hydrogen-bond acceptors (Lipinski definition) is 2. The fourth-order valence-corrected chi connectivity index (χ4v) is 3.40. The highest BCUT2D eigenvalue weighted by atomic mass is 35.5. The first-order valence-electron chi connectivity index (χ1n) is 8.60. The number of benzene rings is 1. The third-order valence-corrected chi connectivity index (χ3v) is 4.91. The molecule has 0 aromatic heterocycles. The summed E-state index contributed by atoms with van der Waals surface area (Å²) in [6, 6.07) is 8.80. The van der Waals surface area contributed by atoms with Gasteiger partial charge in [-0.25, -0.2) is 0 Å². The van der Waals surface area contributed by atoms with Gasteiger partial charge in [-0.1, -0.05) is 51.0 Å². The fourth-order valence-electron chi connectivity index (χ4n) is 3.40. The van der Waals surface area contributed by atoms with Crippen molar-refractivity contribution in [2.45, 2.75) is 70.3 Å². The van der Waals surface area contributed by atoms with Crippen molar-refractivity contribution < 1.29 is 4.79 Å². The maximum absolute atomic E-state index is 12.8. The van der Waals surface area contributed by atoms with Gasteiger partial charge in [0.25, 0.3) is 0 Å². The number of hydrogen-bond donors (Lipinski definition) is 2. The van der Waals surface area contributed by atoms with Crippen LogP contribution in [0.4, 0.5) is 0 Å². The Morgan fingerprint density at radius 3 is 2.22 bits per heavy atom. The molecule has 3 N–H and O–H groups in total. The quantitative estimate of drug-likeness (QED) is 0.826. The van der Waals surface area contributed by atoms with Gasteiger partial charge >= 0.3 is 0 Å². The van der Waals surface area contributed by atoms with Crippen molar-refractivity contribution in [3.63, 3.8) is 0 Å². The monoisotopic (exact) mass is 338 g/mol. The van der Waals surface area contributed by atoms with Crippen molar-refractivity contribution in [3.05, 3.63) is 35.4 Å². The van der Waals surface area contributed by atoms with E-state index < -0.39 is 0 Å². The number of amides is 1. The summed E-state index contributed by atoms with van der Waals surface area (Å²) in [6.45, 7) is 7.03. The predicted molar refractivity (Wildman–Crippen MR) is 99.2 cm³/mol. The zero-order valence-electron chi connectivity index (χ0n) is 14.6. The summed E-state index contributed by atoms with van der Waals surface area (Å²) in [5.41, 5.74) is 7.95. The zero-order chi connectivity index (χ0) is 16.2. The van der Waals surface area contributed by atoms with E-state index in [-0.39, 0.29) is 29.8 Å². The molecule has 1 atom stereocenters. The molecule has 0 aliphatic heterocycles. The van der Waals surface area contributed by atoms with E-state index in [9.17, 15) is 4.79 Å². The molecule has 1 fully saturated rings. The van der Waals surface area contributed by atoms with Crippen LogP contribution in [0.25, 0.3) is 0 Å². The van der Waals surface area contributed by atoms with Crippen molar-refractivity contribution in [1.82, 2.24) is 5.32 Å². The second kappa shape index (κ2) is 8.70. The van der Waals surface area contributed by atoms with Gasteiger partial charge in [0.05, 0.1) is 5.41 Å². The molecule has 1 saturated carbocycles. The van der Waals surface area contributed by atoms with Gasteiger partial charge < -0.3 is 11.1 Å². The standard InChI is InChI=1S/C19H30N2O.ClH/c1-14(2)16-6-8-17(9-7-16)19(11-4-5-12-19)18(22)21-13-10-15(3)20;/h6-9,14-15H,4-5,10-13,20H2,1-3H3,(H,21,22);1H. The molecule has 1 aromatic carbocycles. The number of nitrogens with one attached hydrogen (secondary N) is 1. The topological polar surface area (TPSA) is 55.1 Å². The van der Waals surface area contributed by atoms with E-state index in [2.05, 4.69) is 43.4 Å². The van der Waals surface area contributed by atoms with Gasteiger partial charge in [0.1, 0.15) is 0 Å². The molecule has 0 heterocycles. The molecular weight excluding hydrogens is 308 g/mol. The Labute approximate surface area is 146 Å². The highest BCUT2D eigenvalue weighted by Crippen LogP contribution is 2.41. The summed E-state index contributed by atoms with van der Waals surface area (Å²) >= 11 is 0. The lowest BCUT2D eigenvalue weighted by molar-refractivity contribution is -0.126. The van der Waals surface area contributed by atoms with E-state index in [0.717, 1.165) is 32.1 Å². The minimum absolute atomic E-state index is 0. The molecule has 1 amide bonds. The molecule has 23 heavy (non-hydrogen) atoms. The second-order valence-electron chi connectivity index (χ2n) is 7.09. The van der Waals surface area contributed by atoms with Crippen LogP contribution in [0.15, 0.2) is 24.3 Å². The van der Waals surface area contributed by atoms with Crippen LogP contribution < -0.4 is 11.1 Å². The minimum Gasteiger partial charge on any atom is -0.355 e. The molecule has 0 spiro atoms. The first-order chi connectivity index (χ1) is 10.5. The Morgan fingerprint density at radius 1 is 1.17 bits per heavy atom. The first kappa shape index (κ1) is 20.0. The van der Waals surface area contributed by atoms with Crippen LogP contribution in [0, 0.1) is 0 Å². The molecule has 3 nitrogen and oxygen atoms in total. The van der Waals surface area contributed by atoms with Gasteiger partial charge in [-0.05, 0) is 43.2 Å². The fraction of sp³-hybridized carbons (Fsp3) is 0.632. The first-order valence-corrected chi connectivity index (χ1v) is 8.60. The Morgan fingerprint density at radius 2 is 1.74 bits per heavy atom. The molecule has 0 radical (unpaired) electrons. The van der Waals surface area contributed by atoms with E-state index in [1.54, 1.807) is 0 Å². The molecule has 2 rings (SSSR count). The summed E-state index contributed by atoms with van der Waals surface area (Å²) in [6.07, 6.45) is 5.00. The highest BCUT2D eigenvalue weighted by Gasteiger charge is 2.42. The zero-order valence-corrected chi connectivity index (χ0v) is 15.4. The van der Waals surface area contributed by atoms with E-state index in [4.69, 9.17) is 5.73 Å². The summed E-state index contributed by atoms with van der Waals surface area (Å²) in [5, 5.41) is 3.11. The van der Waals surface area contributed by atoms with Gasteiger partial charge in [0.2, 0.25) is 5.91 Å². The Hall–Kier alpha value is -1.06. The smallest absolute Gasteiger partial charge is 0.230 e. The maximum Gasteiger partial charge on any atom is 0.230 e. The average Bonchev–Trinajstić information content (AvgIpc) is 2.97. The van der Waals surface area contributed by atoms with E-state index >= 15 is 0 Å². The number of carbonyl (C=O) groups excluding carboxylic acids is 1. The van der Waals surface area contributed by atoms with Gasteiger partial charge in [0.15, 0.2) is 0 Å². The van der Waals surface area contributed by atoms with Crippen LogP contribution in [0.5, 0.6) is 0 Å². The third-order valence-electron chi connectivity index (χ3n) is 4.91. The van der Waals surface area contributed by atoms with E-state index in [1.165, 1.54) is 11.1 Å². The van der Waals surface area contributed by atoms with Crippen molar-refractivity contribution in [2.24, 2.45) is 5.73 Å². The summed E-state index contributed by atoms with van der Waals surface area (Å²) in [7, 11) is 0. The lowest BCUT2D eigenvalue weighted by Gasteiger charge is -2.29. The molecule has 4 heteroatoms. The predicted octanol–water partition coefficient (Wildman–Crippen LogP) is 3.90. The van der Waals surface area contributed by atoms with Crippen LogP contribution in [-0.4, -0.2) is 18.5 Å². The van der Waals surface area contributed by atoms with Crippen LogP contribution in [-0.2, 0) is 10.2 Å². The van der Waals surface area contributed by atoms with E-state index in [0.29, 0.717) is 12.5 Å². The molecule has 0 saturated heterocycles. The lowest BCUT2D eigenvalue weighted by atomic mass is 9.77. The molecule has 130 valence electrons. The summed E-state index contributed by atoms with van der Waals surface area (Å²) < 4.78 is 0. The molecule has 0 bridgehead atoms. The number of halogens is 1. The molecule has 1 unspecified atom stereocenters. The number of rotatable bonds is 6. The van der Waals surface area contributed by atoms with Crippen LogP contribution in [0.1, 0.15) is 69.9 Å². The van der Waals surface area contributed by atoms with E-state index in [1.807, 2.05) is 6.92 Å². The second-order valence-corrected chi connectivity index (χ2v) is 7.09. The average molecular weight is 339 g/mol. The normalized spacial score (nSPS) is 17.6. The van der Waals surface area contributed by atoms with Crippen molar-refractivity contribution in [1.29, 1.82) is 0 Å². The van der Waals surface area contributed by atoms with Crippen LogP contribution in [0.3, 0.4) is 0 Å². The number of nitrogens with two attached hydrogens (primary N) is 1. The third kappa shape index (κ3) is 4.71. The van der Waals surface area contributed by atoms with Gasteiger partial charge in [0, 0.05) is 12.6 Å². The lowest BCUT2D eigenvalue weighted by Crippen LogP contribution is -2.43. The van der Waals surface area contributed by atoms with Gasteiger partial charge in [-0.15, -0.1) is 12.4 Å². The Kier molecular flexibility index (Phi) is 7.56. The van der Waals surface area contributed by atoms with Crippen LogP contribution >= 0.6 is 12.4 Å². The summed E-state index contributed by atoms with van der Waals surface area (Å²) in [5.74, 6) is 0.705. The van der Waals surface area contributed by atoms with Gasteiger partial charge in [-0.3, -0.25) is 4.79 Å². The Balaban J connectivity index is 0.00000264. The molecule has 1 aliphatic rings.